The number of rotatable bonds is 7. The number of carbonyl (C=O) groups is 2. The van der Waals surface area contributed by atoms with Crippen molar-refractivity contribution in [1.82, 2.24) is 24.9 Å². The van der Waals surface area contributed by atoms with Crippen LogP contribution in [0.3, 0.4) is 0 Å². The lowest BCUT2D eigenvalue weighted by atomic mass is 10.1. The third-order valence-electron chi connectivity index (χ3n) is 4.42. The fraction of sp³-hybridized carbons (Fsp3) is 0.278. The highest BCUT2D eigenvalue weighted by Gasteiger charge is 2.35. The number of aryl methyl sites for hydroxylation is 1. The Morgan fingerprint density at radius 1 is 1.03 bits per heavy atom. The Hall–Kier alpha value is -2.92. The molecule has 0 atom stereocenters. The van der Waals surface area contributed by atoms with Crippen LogP contribution in [0.4, 0.5) is 0 Å². The van der Waals surface area contributed by atoms with Gasteiger partial charge in [-0.25, -0.2) is 13.4 Å². The summed E-state index contributed by atoms with van der Waals surface area (Å²) in [5.74, 6) is -1.20. The second-order valence-corrected chi connectivity index (χ2v) is 9.58. The first-order chi connectivity index (χ1) is 13.9. The van der Waals surface area contributed by atoms with Crippen molar-refractivity contribution in [3.8, 4) is 0 Å². The smallest absolute Gasteiger partial charge is 0.261 e. The van der Waals surface area contributed by atoms with Crippen LogP contribution >= 0.6 is 11.3 Å². The number of amides is 2. The van der Waals surface area contributed by atoms with E-state index in [9.17, 15) is 18.0 Å². The van der Waals surface area contributed by atoms with Gasteiger partial charge < -0.3 is 0 Å². The van der Waals surface area contributed by atoms with Crippen LogP contribution in [0.15, 0.2) is 35.8 Å². The van der Waals surface area contributed by atoms with E-state index in [2.05, 4.69) is 15.3 Å². The molecule has 0 N–H and O–H groups in total. The monoisotopic (exact) mass is 431 g/mol. The molecule has 1 aromatic carbocycles. The van der Waals surface area contributed by atoms with Gasteiger partial charge in [0.05, 0.1) is 40.6 Å². The summed E-state index contributed by atoms with van der Waals surface area (Å²) in [4.78, 5) is 30.3. The lowest BCUT2D eigenvalue weighted by Gasteiger charge is -2.11. The Labute approximate surface area is 170 Å². The molecule has 3 aromatic rings. The maximum absolute atomic E-state index is 12.4. The van der Waals surface area contributed by atoms with Gasteiger partial charge in [0, 0.05) is 18.1 Å². The van der Waals surface area contributed by atoms with Gasteiger partial charge >= 0.3 is 0 Å². The normalized spacial score (nSPS) is 13.9. The number of hydrogen-bond acceptors (Lipinski definition) is 8. The lowest BCUT2D eigenvalue weighted by Crippen LogP contribution is -2.29. The standard InChI is InChI=1S/C18H17N5O4S2/c1-2-22-7-12(20-21-22)10-29(26,27)11-13-9-28-16(19-13)8-23-17(24)14-5-3-4-6-15(14)18(23)25/h3-7,9H,2,8,10-11H2,1H3. The topological polar surface area (TPSA) is 115 Å². The van der Waals surface area contributed by atoms with Crippen molar-refractivity contribution >= 4 is 33.0 Å². The molecule has 2 amide bonds. The zero-order valence-electron chi connectivity index (χ0n) is 15.5. The first kappa shape index (κ1) is 19.4. The number of benzene rings is 1. The maximum atomic E-state index is 12.4. The van der Waals surface area contributed by atoms with Gasteiger partial charge in [0.1, 0.15) is 5.01 Å². The number of fused-ring (bicyclic) bond motifs is 1. The molecular weight excluding hydrogens is 414 g/mol. The van der Waals surface area contributed by atoms with E-state index in [1.807, 2.05) is 6.92 Å². The molecule has 9 nitrogen and oxygen atoms in total. The summed E-state index contributed by atoms with van der Waals surface area (Å²) < 4.78 is 26.4. The predicted molar refractivity (Wildman–Crippen MR) is 105 cm³/mol. The molecule has 29 heavy (non-hydrogen) atoms. The second kappa shape index (κ2) is 7.48. The minimum atomic E-state index is -3.48. The van der Waals surface area contributed by atoms with E-state index in [4.69, 9.17) is 0 Å². The third kappa shape index (κ3) is 3.96. The summed E-state index contributed by atoms with van der Waals surface area (Å²) in [5, 5.41) is 9.83. The first-order valence-corrected chi connectivity index (χ1v) is 11.5. The van der Waals surface area contributed by atoms with Crippen molar-refractivity contribution in [1.29, 1.82) is 0 Å². The molecule has 0 bridgehead atoms. The van der Waals surface area contributed by atoms with Crippen LogP contribution < -0.4 is 0 Å². The Kier molecular flexibility index (Phi) is 5.01. The molecule has 2 aromatic heterocycles. The molecule has 0 spiro atoms. The summed E-state index contributed by atoms with van der Waals surface area (Å²) in [7, 11) is -3.48. The number of nitrogens with zero attached hydrogens (tertiary/aromatic N) is 5. The van der Waals surface area contributed by atoms with Crippen molar-refractivity contribution in [2.24, 2.45) is 0 Å². The second-order valence-electron chi connectivity index (χ2n) is 6.57. The average molecular weight is 431 g/mol. The Morgan fingerprint density at radius 3 is 2.31 bits per heavy atom. The summed E-state index contributed by atoms with van der Waals surface area (Å²) >= 11 is 1.22. The Balaban J connectivity index is 1.44. The summed E-state index contributed by atoms with van der Waals surface area (Å²) in [6.45, 7) is 2.51. The highest BCUT2D eigenvalue weighted by Crippen LogP contribution is 2.25. The van der Waals surface area contributed by atoms with Crippen LogP contribution in [-0.2, 0) is 34.4 Å². The molecule has 150 valence electrons. The Bertz CT molecular complexity index is 1160. The molecule has 3 heterocycles. The quantitative estimate of drug-likeness (QED) is 0.523. The molecule has 0 fully saturated rings. The molecule has 0 saturated carbocycles. The van der Waals surface area contributed by atoms with Crippen LogP contribution in [0.5, 0.6) is 0 Å². The predicted octanol–water partition coefficient (Wildman–Crippen LogP) is 1.67. The van der Waals surface area contributed by atoms with E-state index in [-0.39, 0.29) is 29.9 Å². The van der Waals surface area contributed by atoms with Crippen LogP contribution in [0.25, 0.3) is 0 Å². The van der Waals surface area contributed by atoms with Crippen LogP contribution in [0, 0.1) is 0 Å². The van der Waals surface area contributed by atoms with Crippen molar-refractivity contribution in [2.45, 2.75) is 31.5 Å². The molecule has 1 aliphatic rings. The molecule has 1 aliphatic heterocycles. The first-order valence-electron chi connectivity index (χ1n) is 8.84. The van der Waals surface area contributed by atoms with Gasteiger partial charge in [-0.2, -0.15) is 0 Å². The molecule has 11 heteroatoms. The number of sulfone groups is 1. The highest BCUT2D eigenvalue weighted by molar-refractivity contribution is 7.89. The number of carbonyl (C=O) groups excluding carboxylic acids is 2. The number of thiazole rings is 1. The zero-order chi connectivity index (χ0) is 20.6. The highest BCUT2D eigenvalue weighted by atomic mass is 32.2. The molecule has 0 radical (unpaired) electrons. The maximum Gasteiger partial charge on any atom is 0.261 e. The SMILES string of the molecule is CCn1cc(CS(=O)(=O)Cc2csc(CN3C(=O)c4ccccc4C3=O)n2)nn1. The van der Waals surface area contributed by atoms with Gasteiger partial charge in [0.25, 0.3) is 11.8 Å². The minimum Gasteiger partial charge on any atom is -0.269 e. The van der Waals surface area contributed by atoms with Crippen molar-refractivity contribution in [3.63, 3.8) is 0 Å². The van der Waals surface area contributed by atoms with Gasteiger partial charge in [-0.05, 0) is 19.1 Å². The number of imide groups is 1. The fourth-order valence-corrected chi connectivity index (χ4v) is 5.24. The summed E-state index contributed by atoms with van der Waals surface area (Å²) in [6.07, 6.45) is 1.60. The van der Waals surface area contributed by atoms with Crippen LogP contribution in [-0.4, -0.2) is 45.1 Å². The minimum absolute atomic E-state index is 0.0158. The summed E-state index contributed by atoms with van der Waals surface area (Å²) in [5.41, 5.74) is 1.51. The number of hydrogen-bond donors (Lipinski definition) is 0. The zero-order valence-corrected chi connectivity index (χ0v) is 17.1. The Morgan fingerprint density at radius 2 is 1.69 bits per heavy atom. The van der Waals surface area contributed by atoms with Crippen LogP contribution in [0.1, 0.15) is 44.0 Å². The largest absolute Gasteiger partial charge is 0.269 e. The van der Waals surface area contributed by atoms with Gasteiger partial charge in [0.2, 0.25) is 0 Å². The van der Waals surface area contributed by atoms with Crippen LogP contribution in [0.2, 0.25) is 0 Å². The van der Waals surface area contributed by atoms with Gasteiger partial charge in [0.15, 0.2) is 9.84 Å². The van der Waals surface area contributed by atoms with Gasteiger partial charge in [-0.3, -0.25) is 19.2 Å². The van der Waals surface area contributed by atoms with E-state index in [0.29, 0.717) is 34.1 Å². The molecule has 0 aliphatic carbocycles. The van der Waals surface area contributed by atoms with Crippen molar-refractivity contribution < 1.29 is 18.0 Å². The molecule has 0 unspecified atom stereocenters. The van der Waals surface area contributed by atoms with E-state index in [0.717, 1.165) is 4.90 Å². The lowest BCUT2D eigenvalue weighted by molar-refractivity contribution is 0.0642. The van der Waals surface area contributed by atoms with E-state index >= 15 is 0 Å². The van der Waals surface area contributed by atoms with Gasteiger partial charge in [-0.1, -0.05) is 17.3 Å². The average Bonchev–Trinajstić information content (AvgIpc) is 3.38. The van der Waals surface area contributed by atoms with Gasteiger partial charge in [-0.15, -0.1) is 16.4 Å². The van der Waals surface area contributed by atoms with Crippen molar-refractivity contribution in [3.05, 3.63) is 63.4 Å². The molecule has 4 rings (SSSR count). The third-order valence-corrected chi connectivity index (χ3v) is 6.77. The molecular formula is C18H17N5O4S2. The number of aromatic nitrogens is 4. The van der Waals surface area contributed by atoms with Crippen molar-refractivity contribution in [2.75, 3.05) is 0 Å². The summed E-state index contributed by atoms with van der Waals surface area (Å²) in [6, 6.07) is 6.65. The van der Waals surface area contributed by atoms with E-state index in [1.165, 1.54) is 11.3 Å². The molecule has 0 saturated heterocycles. The fourth-order valence-electron chi connectivity index (χ4n) is 3.07. The van der Waals surface area contributed by atoms with E-state index < -0.39 is 9.84 Å². The van der Waals surface area contributed by atoms with E-state index in [1.54, 1.807) is 40.5 Å².